The van der Waals surface area contributed by atoms with Gasteiger partial charge in [-0.25, -0.2) is 0 Å². The number of aryl methyl sites for hydroxylation is 1. The van der Waals surface area contributed by atoms with Crippen LogP contribution >= 0.6 is 22.6 Å². The lowest BCUT2D eigenvalue weighted by molar-refractivity contribution is -0.116. The Bertz CT molecular complexity index is 366. The van der Waals surface area contributed by atoms with Crippen molar-refractivity contribution in [3.05, 3.63) is 27.3 Å². The SMILES string of the molecule is Cc1cc(I)ccc1NC(=O)CCCCN. The topological polar surface area (TPSA) is 55.1 Å². The second kappa shape index (κ2) is 6.85. The molecule has 0 atom stereocenters. The van der Waals surface area contributed by atoms with E-state index < -0.39 is 0 Å². The maximum absolute atomic E-state index is 11.6. The average Bonchev–Trinajstić information content (AvgIpc) is 2.23. The molecule has 1 rings (SSSR count). The number of amides is 1. The lowest BCUT2D eigenvalue weighted by atomic mass is 10.2. The second-order valence-electron chi connectivity index (χ2n) is 3.75. The van der Waals surface area contributed by atoms with E-state index in [1.807, 2.05) is 19.1 Å². The molecule has 4 heteroatoms. The van der Waals surface area contributed by atoms with Gasteiger partial charge in [-0.15, -0.1) is 0 Å². The van der Waals surface area contributed by atoms with E-state index in [0.717, 1.165) is 24.1 Å². The smallest absolute Gasteiger partial charge is 0.224 e. The van der Waals surface area contributed by atoms with Gasteiger partial charge in [0.25, 0.3) is 0 Å². The van der Waals surface area contributed by atoms with Crippen LogP contribution in [0, 0.1) is 10.5 Å². The summed E-state index contributed by atoms with van der Waals surface area (Å²) in [4.78, 5) is 11.6. The number of rotatable bonds is 5. The molecular weight excluding hydrogens is 315 g/mol. The minimum absolute atomic E-state index is 0.0674. The fraction of sp³-hybridized carbons (Fsp3) is 0.417. The summed E-state index contributed by atoms with van der Waals surface area (Å²) < 4.78 is 1.18. The zero-order valence-corrected chi connectivity index (χ0v) is 11.6. The number of carbonyl (C=O) groups excluding carboxylic acids is 1. The van der Waals surface area contributed by atoms with E-state index in [-0.39, 0.29) is 5.91 Å². The van der Waals surface area contributed by atoms with Crippen molar-refractivity contribution in [2.45, 2.75) is 26.2 Å². The van der Waals surface area contributed by atoms with Gasteiger partial charge in [-0.05, 0) is 72.7 Å². The van der Waals surface area contributed by atoms with Gasteiger partial charge in [0.15, 0.2) is 0 Å². The molecule has 0 fully saturated rings. The summed E-state index contributed by atoms with van der Waals surface area (Å²) in [5, 5.41) is 2.91. The first-order chi connectivity index (χ1) is 7.63. The van der Waals surface area contributed by atoms with Crippen LogP contribution in [0.5, 0.6) is 0 Å². The highest BCUT2D eigenvalue weighted by molar-refractivity contribution is 14.1. The molecule has 0 bridgehead atoms. The van der Waals surface area contributed by atoms with E-state index in [1.165, 1.54) is 3.57 Å². The molecule has 16 heavy (non-hydrogen) atoms. The van der Waals surface area contributed by atoms with E-state index in [0.29, 0.717) is 13.0 Å². The largest absolute Gasteiger partial charge is 0.330 e. The van der Waals surface area contributed by atoms with Gasteiger partial charge in [-0.3, -0.25) is 4.79 Å². The fourth-order valence-electron chi connectivity index (χ4n) is 1.41. The summed E-state index contributed by atoms with van der Waals surface area (Å²) >= 11 is 2.26. The lowest BCUT2D eigenvalue weighted by Crippen LogP contribution is -2.12. The minimum atomic E-state index is 0.0674. The molecule has 0 radical (unpaired) electrons. The Morgan fingerprint density at radius 3 is 2.81 bits per heavy atom. The van der Waals surface area contributed by atoms with Crippen LogP contribution in [-0.4, -0.2) is 12.5 Å². The molecule has 3 nitrogen and oxygen atoms in total. The summed E-state index contributed by atoms with van der Waals surface area (Å²) in [7, 11) is 0. The van der Waals surface area contributed by atoms with E-state index in [4.69, 9.17) is 5.73 Å². The third kappa shape index (κ3) is 4.49. The molecule has 88 valence electrons. The van der Waals surface area contributed by atoms with Crippen molar-refractivity contribution in [2.24, 2.45) is 5.73 Å². The van der Waals surface area contributed by atoms with Crippen molar-refractivity contribution in [1.29, 1.82) is 0 Å². The predicted molar refractivity (Wildman–Crippen MR) is 75.4 cm³/mol. The Morgan fingerprint density at radius 2 is 2.19 bits per heavy atom. The van der Waals surface area contributed by atoms with Crippen LogP contribution in [0.3, 0.4) is 0 Å². The Morgan fingerprint density at radius 1 is 1.44 bits per heavy atom. The summed E-state index contributed by atoms with van der Waals surface area (Å²) in [6.07, 6.45) is 2.30. The first kappa shape index (κ1) is 13.4. The highest BCUT2D eigenvalue weighted by Gasteiger charge is 2.04. The van der Waals surface area contributed by atoms with Gasteiger partial charge in [0.1, 0.15) is 0 Å². The van der Waals surface area contributed by atoms with Gasteiger partial charge in [0.05, 0.1) is 0 Å². The van der Waals surface area contributed by atoms with Crippen LogP contribution in [0.1, 0.15) is 24.8 Å². The van der Waals surface area contributed by atoms with E-state index in [1.54, 1.807) is 0 Å². The Labute approximate surface area is 110 Å². The maximum Gasteiger partial charge on any atom is 0.224 e. The monoisotopic (exact) mass is 332 g/mol. The Balaban J connectivity index is 2.49. The number of unbranched alkanes of at least 4 members (excludes halogenated alkanes) is 1. The van der Waals surface area contributed by atoms with Gasteiger partial charge < -0.3 is 11.1 Å². The van der Waals surface area contributed by atoms with E-state index in [2.05, 4.69) is 34.0 Å². The molecular formula is C12H17IN2O. The van der Waals surface area contributed by atoms with Gasteiger partial charge in [0.2, 0.25) is 5.91 Å². The number of nitrogens with two attached hydrogens (primary N) is 1. The molecule has 0 spiro atoms. The minimum Gasteiger partial charge on any atom is -0.330 e. The first-order valence-corrected chi connectivity index (χ1v) is 6.47. The molecule has 0 aliphatic heterocycles. The van der Waals surface area contributed by atoms with Gasteiger partial charge >= 0.3 is 0 Å². The molecule has 0 aromatic heterocycles. The van der Waals surface area contributed by atoms with Gasteiger partial charge in [0, 0.05) is 15.7 Å². The molecule has 0 heterocycles. The number of carbonyl (C=O) groups is 1. The maximum atomic E-state index is 11.6. The zero-order chi connectivity index (χ0) is 12.0. The van der Waals surface area contributed by atoms with Crippen LogP contribution in [0.4, 0.5) is 5.69 Å². The van der Waals surface area contributed by atoms with Crippen molar-refractivity contribution in [3.8, 4) is 0 Å². The third-order valence-electron chi connectivity index (χ3n) is 2.32. The quantitative estimate of drug-likeness (QED) is 0.643. The highest BCUT2D eigenvalue weighted by atomic mass is 127. The number of benzene rings is 1. The van der Waals surface area contributed by atoms with E-state index >= 15 is 0 Å². The summed E-state index contributed by atoms with van der Waals surface area (Å²) in [6.45, 7) is 2.65. The summed E-state index contributed by atoms with van der Waals surface area (Å²) in [5.74, 6) is 0.0674. The fourth-order valence-corrected chi connectivity index (χ4v) is 2.06. The van der Waals surface area contributed by atoms with Crippen LogP contribution in [0.15, 0.2) is 18.2 Å². The Hall–Kier alpha value is -0.620. The molecule has 0 unspecified atom stereocenters. The standard InChI is InChI=1S/C12H17IN2O/c1-9-8-10(13)5-6-11(9)15-12(16)4-2-3-7-14/h5-6,8H,2-4,7,14H2,1H3,(H,15,16). The zero-order valence-electron chi connectivity index (χ0n) is 9.42. The van der Waals surface area contributed by atoms with Crippen molar-refractivity contribution < 1.29 is 4.79 Å². The normalized spacial score (nSPS) is 10.2. The average molecular weight is 332 g/mol. The molecule has 0 saturated carbocycles. The molecule has 0 aliphatic carbocycles. The first-order valence-electron chi connectivity index (χ1n) is 5.39. The molecule has 0 saturated heterocycles. The number of nitrogens with one attached hydrogen (secondary N) is 1. The summed E-state index contributed by atoms with van der Waals surface area (Å²) in [5.41, 5.74) is 7.37. The van der Waals surface area contributed by atoms with Gasteiger partial charge in [-0.1, -0.05) is 0 Å². The number of hydrogen-bond acceptors (Lipinski definition) is 2. The molecule has 0 aliphatic rings. The molecule has 1 aromatic rings. The van der Waals surface area contributed by atoms with Crippen LogP contribution in [-0.2, 0) is 4.79 Å². The molecule has 1 amide bonds. The van der Waals surface area contributed by atoms with Gasteiger partial charge in [-0.2, -0.15) is 0 Å². The van der Waals surface area contributed by atoms with Crippen LogP contribution in [0.2, 0.25) is 0 Å². The molecule has 1 aromatic carbocycles. The van der Waals surface area contributed by atoms with Crippen LogP contribution in [0.25, 0.3) is 0 Å². The number of anilines is 1. The Kier molecular flexibility index (Phi) is 5.76. The molecule has 3 N–H and O–H groups in total. The van der Waals surface area contributed by atoms with Crippen molar-refractivity contribution in [2.75, 3.05) is 11.9 Å². The predicted octanol–water partition coefficient (Wildman–Crippen LogP) is 2.67. The third-order valence-corrected chi connectivity index (χ3v) is 2.99. The van der Waals surface area contributed by atoms with Crippen LogP contribution < -0.4 is 11.1 Å². The highest BCUT2D eigenvalue weighted by Crippen LogP contribution is 2.17. The van der Waals surface area contributed by atoms with Crippen molar-refractivity contribution in [1.82, 2.24) is 0 Å². The van der Waals surface area contributed by atoms with Crippen molar-refractivity contribution >= 4 is 34.2 Å². The number of hydrogen-bond donors (Lipinski definition) is 2. The summed E-state index contributed by atoms with van der Waals surface area (Å²) in [6, 6.07) is 5.98. The second-order valence-corrected chi connectivity index (χ2v) is 5.00. The van der Waals surface area contributed by atoms with E-state index in [9.17, 15) is 4.79 Å². The number of halogens is 1. The lowest BCUT2D eigenvalue weighted by Gasteiger charge is -2.08. The van der Waals surface area contributed by atoms with Crippen molar-refractivity contribution in [3.63, 3.8) is 0 Å².